The third-order valence-electron chi connectivity index (χ3n) is 4.26. The van der Waals surface area contributed by atoms with E-state index in [-0.39, 0.29) is 0 Å². The highest BCUT2D eigenvalue weighted by molar-refractivity contribution is 5.35. The van der Waals surface area contributed by atoms with Gasteiger partial charge in [0.25, 0.3) is 0 Å². The second-order valence-electron chi connectivity index (χ2n) is 5.72. The molecule has 0 saturated carbocycles. The van der Waals surface area contributed by atoms with Crippen LogP contribution in [0.15, 0.2) is 4.52 Å². The lowest BCUT2D eigenvalue weighted by Gasteiger charge is -2.23. The summed E-state index contributed by atoms with van der Waals surface area (Å²) in [6.45, 7) is 5.78. The molecule has 0 radical (unpaired) electrons. The molecule has 22 heavy (non-hydrogen) atoms. The second kappa shape index (κ2) is 6.08. The third-order valence-corrected chi connectivity index (χ3v) is 4.26. The van der Waals surface area contributed by atoms with Crippen molar-refractivity contribution in [2.24, 2.45) is 7.05 Å². The maximum atomic E-state index is 5.55. The van der Waals surface area contributed by atoms with Crippen LogP contribution in [0.3, 0.4) is 0 Å². The Kier molecular flexibility index (Phi) is 4.15. The Hall–Kier alpha value is -1.89. The topological polar surface area (TPSA) is 69.2 Å². The average molecular weight is 305 g/mol. The fourth-order valence-corrected chi connectivity index (χ4v) is 3.30. The van der Waals surface area contributed by atoms with Crippen molar-refractivity contribution >= 4 is 0 Å². The zero-order chi connectivity index (χ0) is 15.7. The Morgan fingerprint density at radius 1 is 1.41 bits per heavy atom. The minimum absolute atomic E-state index is 0.298. The summed E-state index contributed by atoms with van der Waals surface area (Å²) in [6, 6.07) is 0.298. The van der Waals surface area contributed by atoms with Crippen LogP contribution in [-0.2, 0) is 20.0 Å². The first-order valence-electron chi connectivity index (χ1n) is 7.77. The summed E-state index contributed by atoms with van der Waals surface area (Å²) in [5.41, 5.74) is 2.21. The largest absolute Gasteiger partial charge is 0.481 e. The van der Waals surface area contributed by atoms with Crippen LogP contribution in [-0.4, -0.2) is 38.5 Å². The molecule has 0 amide bonds. The summed E-state index contributed by atoms with van der Waals surface area (Å²) in [6.07, 6.45) is 3.02. The van der Waals surface area contributed by atoms with E-state index in [2.05, 4.69) is 20.1 Å². The number of rotatable bonds is 5. The van der Waals surface area contributed by atoms with E-state index in [1.54, 1.807) is 7.11 Å². The molecular formula is C15H23N5O2. The molecule has 7 nitrogen and oxygen atoms in total. The van der Waals surface area contributed by atoms with Crippen molar-refractivity contribution < 1.29 is 9.26 Å². The molecule has 3 rings (SSSR count). The maximum absolute atomic E-state index is 5.55. The highest BCUT2D eigenvalue weighted by Crippen LogP contribution is 2.39. The number of aromatic nitrogens is 4. The van der Waals surface area contributed by atoms with Crippen molar-refractivity contribution in [3.8, 4) is 5.88 Å². The molecule has 120 valence electrons. The molecule has 1 atom stereocenters. The Balaban J connectivity index is 1.84. The predicted octanol–water partition coefficient (Wildman–Crippen LogP) is 2.02. The van der Waals surface area contributed by atoms with Gasteiger partial charge >= 0.3 is 0 Å². The first-order valence-corrected chi connectivity index (χ1v) is 7.77. The standard InChI is InChI=1S/C15H23N5O2/c1-5-13-16-12(18-22-13)9-20-8-6-7-11(20)14-10(2)17-19(3)15(14)21-4/h11H,5-9H2,1-4H3/t11-/m0/s1. The summed E-state index contributed by atoms with van der Waals surface area (Å²) >= 11 is 0. The van der Waals surface area contributed by atoms with Crippen LogP contribution in [0.4, 0.5) is 0 Å². The van der Waals surface area contributed by atoms with E-state index in [1.807, 2.05) is 25.6 Å². The molecule has 0 aromatic carbocycles. The Bertz CT molecular complexity index is 648. The van der Waals surface area contributed by atoms with E-state index in [9.17, 15) is 0 Å². The van der Waals surface area contributed by atoms with E-state index >= 15 is 0 Å². The molecule has 1 saturated heterocycles. The van der Waals surface area contributed by atoms with Gasteiger partial charge in [-0.05, 0) is 26.3 Å². The highest BCUT2D eigenvalue weighted by atomic mass is 16.5. The quantitative estimate of drug-likeness (QED) is 0.842. The van der Waals surface area contributed by atoms with Gasteiger partial charge in [0.1, 0.15) is 0 Å². The molecule has 7 heteroatoms. The van der Waals surface area contributed by atoms with Gasteiger partial charge < -0.3 is 9.26 Å². The van der Waals surface area contributed by atoms with Crippen LogP contribution in [0.2, 0.25) is 0 Å². The monoisotopic (exact) mass is 305 g/mol. The molecular weight excluding hydrogens is 282 g/mol. The number of methoxy groups -OCH3 is 1. The van der Waals surface area contributed by atoms with Crippen molar-refractivity contribution in [2.45, 2.75) is 45.7 Å². The lowest BCUT2D eigenvalue weighted by atomic mass is 10.1. The van der Waals surface area contributed by atoms with Gasteiger partial charge in [0.2, 0.25) is 11.8 Å². The van der Waals surface area contributed by atoms with Gasteiger partial charge in [-0.25, -0.2) is 4.68 Å². The van der Waals surface area contributed by atoms with Crippen LogP contribution in [0.5, 0.6) is 5.88 Å². The first kappa shape index (κ1) is 15.0. The summed E-state index contributed by atoms with van der Waals surface area (Å²) in [7, 11) is 3.62. The average Bonchev–Trinajstić information content (AvgIpc) is 3.19. The molecule has 0 aliphatic carbocycles. The van der Waals surface area contributed by atoms with Gasteiger partial charge in [-0.2, -0.15) is 10.1 Å². The van der Waals surface area contributed by atoms with Crippen molar-refractivity contribution in [1.82, 2.24) is 24.8 Å². The van der Waals surface area contributed by atoms with Crippen LogP contribution >= 0.6 is 0 Å². The molecule has 0 unspecified atom stereocenters. The van der Waals surface area contributed by atoms with E-state index in [1.165, 1.54) is 5.56 Å². The molecule has 0 spiro atoms. The summed E-state index contributed by atoms with van der Waals surface area (Å²) in [5.74, 6) is 2.29. The van der Waals surface area contributed by atoms with Gasteiger partial charge in [0.15, 0.2) is 5.82 Å². The lowest BCUT2D eigenvalue weighted by molar-refractivity contribution is 0.231. The molecule has 1 aliphatic heterocycles. The number of aryl methyl sites for hydroxylation is 3. The van der Waals surface area contributed by atoms with Crippen LogP contribution in [0.25, 0.3) is 0 Å². The number of likely N-dealkylation sites (tertiary alicyclic amines) is 1. The summed E-state index contributed by atoms with van der Waals surface area (Å²) < 4.78 is 12.6. The summed E-state index contributed by atoms with van der Waals surface area (Å²) in [5, 5.41) is 8.57. The molecule has 2 aromatic rings. The van der Waals surface area contributed by atoms with Gasteiger partial charge in [-0.15, -0.1) is 0 Å². The van der Waals surface area contributed by atoms with Crippen molar-refractivity contribution in [2.75, 3.05) is 13.7 Å². The maximum Gasteiger partial charge on any atom is 0.226 e. The molecule has 2 aromatic heterocycles. The number of nitrogens with zero attached hydrogens (tertiary/aromatic N) is 5. The molecule has 1 aliphatic rings. The lowest BCUT2D eigenvalue weighted by Crippen LogP contribution is -2.24. The van der Waals surface area contributed by atoms with Gasteiger partial charge in [-0.3, -0.25) is 4.90 Å². The van der Waals surface area contributed by atoms with Crippen LogP contribution in [0, 0.1) is 6.92 Å². The zero-order valence-electron chi connectivity index (χ0n) is 13.7. The smallest absolute Gasteiger partial charge is 0.226 e. The molecule has 0 bridgehead atoms. The predicted molar refractivity (Wildman–Crippen MR) is 80.6 cm³/mol. The van der Waals surface area contributed by atoms with Crippen molar-refractivity contribution in [3.05, 3.63) is 23.0 Å². The fraction of sp³-hybridized carbons (Fsp3) is 0.667. The second-order valence-corrected chi connectivity index (χ2v) is 5.72. The first-order chi connectivity index (χ1) is 10.6. The Morgan fingerprint density at radius 2 is 2.23 bits per heavy atom. The third kappa shape index (κ3) is 2.61. The van der Waals surface area contributed by atoms with Gasteiger partial charge in [-0.1, -0.05) is 12.1 Å². The van der Waals surface area contributed by atoms with E-state index in [4.69, 9.17) is 9.26 Å². The fourth-order valence-electron chi connectivity index (χ4n) is 3.30. The minimum Gasteiger partial charge on any atom is -0.481 e. The van der Waals surface area contributed by atoms with E-state index < -0.39 is 0 Å². The Morgan fingerprint density at radius 3 is 2.91 bits per heavy atom. The number of ether oxygens (including phenoxy) is 1. The number of hydrogen-bond acceptors (Lipinski definition) is 6. The molecule has 3 heterocycles. The minimum atomic E-state index is 0.298. The van der Waals surface area contributed by atoms with E-state index in [0.717, 1.165) is 43.2 Å². The van der Waals surface area contributed by atoms with Crippen molar-refractivity contribution in [3.63, 3.8) is 0 Å². The van der Waals surface area contributed by atoms with Crippen molar-refractivity contribution in [1.29, 1.82) is 0 Å². The highest BCUT2D eigenvalue weighted by Gasteiger charge is 2.32. The molecule has 0 N–H and O–H groups in total. The number of hydrogen-bond donors (Lipinski definition) is 0. The van der Waals surface area contributed by atoms with Gasteiger partial charge in [0.05, 0.1) is 24.9 Å². The summed E-state index contributed by atoms with van der Waals surface area (Å²) in [4.78, 5) is 6.80. The Labute approximate surface area is 130 Å². The molecule has 1 fully saturated rings. The SMILES string of the molecule is CCc1nc(CN2CCC[C@H]2c2c(C)nn(C)c2OC)no1. The normalized spacial score (nSPS) is 19.0. The van der Waals surface area contributed by atoms with Crippen LogP contribution in [0.1, 0.15) is 48.8 Å². The zero-order valence-corrected chi connectivity index (χ0v) is 13.7. The van der Waals surface area contributed by atoms with Crippen LogP contribution < -0.4 is 4.74 Å². The van der Waals surface area contributed by atoms with E-state index in [0.29, 0.717) is 18.5 Å². The van der Waals surface area contributed by atoms with Gasteiger partial charge in [0, 0.05) is 19.5 Å².